The van der Waals surface area contributed by atoms with E-state index >= 15 is 0 Å². The van der Waals surface area contributed by atoms with Crippen molar-refractivity contribution >= 4 is 21.6 Å². The van der Waals surface area contributed by atoms with Crippen molar-refractivity contribution < 1.29 is 13.2 Å². The van der Waals surface area contributed by atoms with Gasteiger partial charge in [-0.05, 0) is 67.5 Å². The molecule has 1 amide bonds. The van der Waals surface area contributed by atoms with Crippen LogP contribution in [0.3, 0.4) is 0 Å². The van der Waals surface area contributed by atoms with Crippen LogP contribution in [0, 0.1) is 18.8 Å². The number of hydrogen-bond donors (Lipinski definition) is 1. The van der Waals surface area contributed by atoms with Crippen LogP contribution in [0.4, 0.5) is 5.69 Å². The number of likely N-dealkylation sites (tertiary alicyclic amines) is 1. The molecule has 29 heavy (non-hydrogen) atoms. The molecule has 0 unspecified atom stereocenters. The van der Waals surface area contributed by atoms with Crippen LogP contribution in [0.1, 0.15) is 48.0 Å². The Labute approximate surface area is 173 Å². The number of piperidine rings is 1. The maximum atomic E-state index is 12.9. The Morgan fingerprint density at radius 1 is 0.966 bits per heavy atom. The van der Waals surface area contributed by atoms with Crippen LogP contribution in [0.2, 0.25) is 0 Å². The Bertz CT molecular complexity index is 985. The molecule has 1 saturated carbocycles. The van der Waals surface area contributed by atoms with Crippen LogP contribution in [-0.2, 0) is 10.0 Å². The number of nitrogens with zero attached hydrogens (tertiary/aromatic N) is 1. The first-order valence-corrected chi connectivity index (χ1v) is 11.9. The predicted octanol–water partition coefficient (Wildman–Crippen LogP) is 4.45. The number of anilines is 1. The van der Waals surface area contributed by atoms with Crippen molar-refractivity contribution in [3.8, 4) is 0 Å². The van der Waals surface area contributed by atoms with E-state index in [1.54, 1.807) is 24.3 Å². The number of carbonyl (C=O) groups excluding carboxylic acids is 1. The molecular formula is C23H28N2O3S. The minimum Gasteiger partial charge on any atom is -0.338 e. The first-order chi connectivity index (χ1) is 13.9. The van der Waals surface area contributed by atoms with Crippen molar-refractivity contribution in [2.24, 2.45) is 11.8 Å². The maximum absolute atomic E-state index is 12.9. The highest BCUT2D eigenvalue weighted by Crippen LogP contribution is 2.36. The predicted molar refractivity (Wildman–Crippen MR) is 114 cm³/mol. The van der Waals surface area contributed by atoms with E-state index in [0.29, 0.717) is 17.2 Å². The zero-order chi connectivity index (χ0) is 20.4. The number of rotatable bonds is 4. The molecule has 2 aromatic carbocycles. The number of benzene rings is 2. The lowest BCUT2D eigenvalue weighted by molar-refractivity contribution is 0.0521. The van der Waals surface area contributed by atoms with Gasteiger partial charge in [-0.1, -0.05) is 37.5 Å². The number of nitrogens with one attached hydrogen (secondary N) is 1. The normalized spacial score (nSPS) is 22.0. The number of amides is 1. The average molecular weight is 413 g/mol. The maximum Gasteiger partial charge on any atom is 0.261 e. The van der Waals surface area contributed by atoms with E-state index in [1.807, 2.05) is 24.0 Å². The molecule has 5 nitrogen and oxygen atoms in total. The van der Waals surface area contributed by atoms with Crippen molar-refractivity contribution in [2.45, 2.75) is 43.9 Å². The lowest BCUT2D eigenvalue weighted by atomic mass is 9.75. The summed E-state index contributed by atoms with van der Waals surface area (Å²) >= 11 is 0. The number of para-hydroxylation sites is 1. The summed E-state index contributed by atoms with van der Waals surface area (Å²) in [5.74, 6) is 1.40. The molecule has 0 aromatic heterocycles. The molecular weight excluding hydrogens is 384 g/mol. The summed E-state index contributed by atoms with van der Waals surface area (Å²) in [5.41, 5.74) is 1.96. The van der Waals surface area contributed by atoms with Crippen LogP contribution >= 0.6 is 0 Å². The standard InChI is InChI=1S/C23H28N2O3S/c1-17-6-2-5-9-22(17)24-29(27,28)21-12-10-19(11-13-21)23(26)25-15-14-18-7-3-4-8-20(18)16-25/h2,5-6,9-13,18,20,24H,3-4,7-8,14-16H2,1H3/t18-,20+/m0/s1. The summed E-state index contributed by atoms with van der Waals surface area (Å²) in [5, 5.41) is 0. The third kappa shape index (κ3) is 4.32. The van der Waals surface area contributed by atoms with E-state index in [-0.39, 0.29) is 10.8 Å². The van der Waals surface area contributed by atoms with E-state index in [2.05, 4.69) is 4.72 Å². The lowest BCUT2D eigenvalue weighted by Crippen LogP contribution is -2.44. The molecule has 2 atom stereocenters. The molecule has 1 N–H and O–H groups in total. The average Bonchev–Trinajstić information content (AvgIpc) is 2.74. The molecule has 1 saturated heterocycles. The molecule has 2 aromatic rings. The van der Waals surface area contributed by atoms with E-state index in [9.17, 15) is 13.2 Å². The SMILES string of the molecule is Cc1ccccc1NS(=O)(=O)c1ccc(C(=O)N2CC[C@@H]3CCCC[C@@H]3C2)cc1. The fraction of sp³-hybridized carbons (Fsp3) is 0.435. The molecule has 0 bridgehead atoms. The van der Waals surface area contributed by atoms with E-state index < -0.39 is 10.0 Å². The Morgan fingerprint density at radius 3 is 2.38 bits per heavy atom. The fourth-order valence-electron chi connectivity index (χ4n) is 4.64. The number of fused-ring (bicyclic) bond motifs is 1. The molecule has 2 aliphatic rings. The molecule has 4 rings (SSSR count). The van der Waals surface area contributed by atoms with Gasteiger partial charge < -0.3 is 4.90 Å². The summed E-state index contributed by atoms with van der Waals surface area (Å²) in [4.78, 5) is 15.0. The van der Waals surface area contributed by atoms with Gasteiger partial charge in [0.25, 0.3) is 15.9 Å². The highest BCUT2D eigenvalue weighted by atomic mass is 32.2. The van der Waals surface area contributed by atoms with Crippen LogP contribution < -0.4 is 4.72 Å². The highest BCUT2D eigenvalue weighted by molar-refractivity contribution is 7.92. The molecule has 0 radical (unpaired) electrons. The summed E-state index contributed by atoms with van der Waals surface area (Å²) in [6.45, 7) is 3.49. The van der Waals surface area contributed by atoms with Crippen molar-refractivity contribution in [1.82, 2.24) is 4.90 Å². The van der Waals surface area contributed by atoms with Gasteiger partial charge in [0.05, 0.1) is 10.6 Å². The Hall–Kier alpha value is -2.34. The van der Waals surface area contributed by atoms with E-state index in [0.717, 1.165) is 31.0 Å². The van der Waals surface area contributed by atoms with Crippen molar-refractivity contribution in [3.63, 3.8) is 0 Å². The Balaban J connectivity index is 1.46. The third-order valence-corrected chi connectivity index (χ3v) is 7.76. The summed E-state index contributed by atoms with van der Waals surface area (Å²) in [7, 11) is -3.69. The van der Waals surface area contributed by atoms with Crippen LogP contribution in [0.5, 0.6) is 0 Å². The van der Waals surface area contributed by atoms with Gasteiger partial charge in [0.15, 0.2) is 0 Å². The molecule has 1 aliphatic carbocycles. The first kappa shape index (κ1) is 20.0. The molecule has 6 heteroatoms. The zero-order valence-electron chi connectivity index (χ0n) is 16.8. The van der Waals surface area contributed by atoms with Gasteiger partial charge in [0.2, 0.25) is 0 Å². The fourth-order valence-corrected chi connectivity index (χ4v) is 5.77. The van der Waals surface area contributed by atoms with Gasteiger partial charge in [-0.25, -0.2) is 8.42 Å². The molecule has 154 valence electrons. The molecule has 2 fully saturated rings. The Kier molecular flexibility index (Phi) is 5.63. The van der Waals surface area contributed by atoms with Gasteiger partial charge in [0.1, 0.15) is 0 Å². The van der Waals surface area contributed by atoms with Gasteiger partial charge in [0, 0.05) is 18.7 Å². The first-order valence-electron chi connectivity index (χ1n) is 10.4. The molecule has 0 spiro atoms. The number of aryl methyl sites for hydroxylation is 1. The summed E-state index contributed by atoms with van der Waals surface area (Å²) in [6.07, 6.45) is 6.19. The van der Waals surface area contributed by atoms with Gasteiger partial charge >= 0.3 is 0 Å². The number of hydrogen-bond acceptors (Lipinski definition) is 3. The third-order valence-electron chi connectivity index (χ3n) is 6.38. The topological polar surface area (TPSA) is 66.5 Å². The second-order valence-electron chi connectivity index (χ2n) is 8.29. The van der Waals surface area contributed by atoms with Gasteiger partial charge in [-0.2, -0.15) is 0 Å². The monoisotopic (exact) mass is 412 g/mol. The van der Waals surface area contributed by atoms with Crippen LogP contribution in [0.15, 0.2) is 53.4 Å². The second kappa shape index (κ2) is 8.19. The lowest BCUT2D eigenvalue weighted by Gasteiger charge is -2.41. The van der Waals surface area contributed by atoms with Crippen molar-refractivity contribution in [2.75, 3.05) is 17.8 Å². The quantitative estimate of drug-likeness (QED) is 0.807. The van der Waals surface area contributed by atoms with Crippen molar-refractivity contribution in [1.29, 1.82) is 0 Å². The summed E-state index contributed by atoms with van der Waals surface area (Å²) < 4.78 is 28.0. The second-order valence-corrected chi connectivity index (χ2v) is 9.97. The largest absolute Gasteiger partial charge is 0.338 e. The zero-order valence-corrected chi connectivity index (χ0v) is 17.6. The summed E-state index contributed by atoms with van der Waals surface area (Å²) in [6, 6.07) is 13.5. The van der Waals surface area contributed by atoms with Gasteiger partial charge in [-0.3, -0.25) is 9.52 Å². The minimum absolute atomic E-state index is 0.00448. The van der Waals surface area contributed by atoms with E-state index in [1.165, 1.54) is 37.8 Å². The van der Waals surface area contributed by atoms with Crippen molar-refractivity contribution in [3.05, 3.63) is 59.7 Å². The Morgan fingerprint density at radius 2 is 1.66 bits per heavy atom. The van der Waals surface area contributed by atoms with Crippen LogP contribution in [0.25, 0.3) is 0 Å². The number of carbonyl (C=O) groups is 1. The smallest absolute Gasteiger partial charge is 0.261 e. The molecule has 1 aliphatic heterocycles. The van der Waals surface area contributed by atoms with Gasteiger partial charge in [-0.15, -0.1) is 0 Å². The number of sulfonamides is 1. The molecule has 1 heterocycles. The van der Waals surface area contributed by atoms with E-state index in [4.69, 9.17) is 0 Å². The highest BCUT2D eigenvalue weighted by Gasteiger charge is 2.33. The van der Waals surface area contributed by atoms with Crippen LogP contribution in [-0.4, -0.2) is 32.3 Å². The minimum atomic E-state index is -3.69.